The second-order valence-corrected chi connectivity index (χ2v) is 6.78. The summed E-state index contributed by atoms with van der Waals surface area (Å²) in [7, 11) is -2.69. The monoisotopic (exact) mass is 365 g/mol. The summed E-state index contributed by atoms with van der Waals surface area (Å²) in [6.45, 7) is 4.46. The predicted molar refractivity (Wildman–Crippen MR) is 88.4 cm³/mol. The minimum atomic E-state index is -4.47. The Morgan fingerprint density at radius 3 is 2.12 bits per heavy atom. The highest BCUT2D eigenvalue weighted by Crippen LogP contribution is 2.19. The molecule has 0 saturated carbocycles. The van der Waals surface area contributed by atoms with Crippen LogP contribution in [0.4, 0.5) is 0 Å². The summed E-state index contributed by atoms with van der Waals surface area (Å²) in [5, 5.41) is 8.90. The number of pyridine rings is 1. The highest BCUT2D eigenvalue weighted by atomic mass is 32.2. The average Bonchev–Trinajstić information content (AvgIpc) is 2.49. The number of phenols is 1. The van der Waals surface area contributed by atoms with Gasteiger partial charge in [0.15, 0.2) is 12.0 Å². The number of carbonyl (C=O) groups is 2. The summed E-state index contributed by atoms with van der Waals surface area (Å²) in [5.74, 6) is -0.288. The summed E-state index contributed by atoms with van der Waals surface area (Å²) in [4.78, 5) is 21.7. The fraction of sp³-hybridized carbons (Fsp3) is 0.235. The largest absolute Gasteiger partial charge is 0.744 e. The molecule has 0 bridgehead atoms. The lowest BCUT2D eigenvalue weighted by Crippen LogP contribution is -2.35. The fourth-order valence-electron chi connectivity index (χ4n) is 2.00. The van der Waals surface area contributed by atoms with Gasteiger partial charge in [0.05, 0.1) is 4.90 Å². The normalized spacial score (nSPS) is 10.6. The lowest BCUT2D eigenvalue weighted by molar-refractivity contribution is -0.673. The summed E-state index contributed by atoms with van der Waals surface area (Å²) < 4.78 is 33.3. The molecule has 1 N–H and O–H groups in total. The molecule has 1 aromatic carbocycles. The van der Waals surface area contributed by atoms with Crippen LogP contribution in [0.25, 0.3) is 0 Å². The van der Waals surface area contributed by atoms with Crippen LogP contribution >= 0.6 is 0 Å². The number of ketones is 2. The van der Waals surface area contributed by atoms with Crippen molar-refractivity contribution in [3.05, 3.63) is 53.3 Å². The Bertz CT molecular complexity index is 919. The Hall–Kier alpha value is -2.58. The summed E-state index contributed by atoms with van der Waals surface area (Å²) in [6, 6.07) is 6.96. The molecule has 134 valence electrons. The van der Waals surface area contributed by atoms with Gasteiger partial charge in [-0.25, -0.2) is 8.42 Å². The van der Waals surface area contributed by atoms with Crippen molar-refractivity contribution >= 4 is 21.7 Å². The van der Waals surface area contributed by atoms with E-state index in [1.165, 1.54) is 32.9 Å². The molecule has 2 rings (SSSR count). The molecule has 0 fully saturated rings. The summed E-state index contributed by atoms with van der Waals surface area (Å²) in [5.41, 5.74) is 1.46. The molecule has 0 aliphatic carbocycles. The lowest BCUT2D eigenvalue weighted by Gasteiger charge is -2.09. The first-order valence-corrected chi connectivity index (χ1v) is 8.61. The molecule has 0 unspecified atom stereocenters. The summed E-state index contributed by atoms with van der Waals surface area (Å²) >= 11 is 0. The van der Waals surface area contributed by atoms with Crippen LogP contribution in [0.2, 0.25) is 0 Å². The number of nitrogens with zero attached hydrogens (tertiary/aromatic N) is 1. The van der Waals surface area contributed by atoms with Crippen LogP contribution in [-0.2, 0) is 17.2 Å². The van der Waals surface area contributed by atoms with Gasteiger partial charge in [0.25, 0.3) is 0 Å². The van der Waals surface area contributed by atoms with E-state index in [9.17, 15) is 22.6 Å². The minimum absolute atomic E-state index is 0.0249. The number of aryl methyl sites for hydroxylation is 2. The zero-order valence-corrected chi connectivity index (χ0v) is 15.1. The van der Waals surface area contributed by atoms with Gasteiger partial charge >= 0.3 is 0 Å². The van der Waals surface area contributed by atoms with Gasteiger partial charge in [0.2, 0.25) is 11.5 Å². The molecule has 0 aliphatic heterocycles. The van der Waals surface area contributed by atoms with Crippen LogP contribution in [-0.4, -0.2) is 29.6 Å². The van der Waals surface area contributed by atoms with Crippen molar-refractivity contribution < 1.29 is 32.2 Å². The molecule has 2 aromatic rings. The molecule has 0 atom stereocenters. The van der Waals surface area contributed by atoms with Crippen LogP contribution in [0.3, 0.4) is 0 Å². The van der Waals surface area contributed by atoms with Crippen molar-refractivity contribution in [2.45, 2.75) is 25.7 Å². The van der Waals surface area contributed by atoms with E-state index in [1.807, 2.05) is 0 Å². The summed E-state index contributed by atoms with van der Waals surface area (Å²) in [6.07, 6.45) is 1.72. The average molecular weight is 365 g/mol. The van der Waals surface area contributed by atoms with Crippen LogP contribution in [0.1, 0.15) is 40.3 Å². The van der Waals surface area contributed by atoms with Crippen LogP contribution in [0.15, 0.2) is 41.4 Å². The van der Waals surface area contributed by atoms with Crippen LogP contribution < -0.4 is 4.57 Å². The Balaban J connectivity index is 0.000000251. The van der Waals surface area contributed by atoms with Crippen molar-refractivity contribution in [2.75, 3.05) is 0 Å². The minimum Gasteiger partial charge on any atom is -0.744 e. The van der Waals surface area contributed by atoms with Crippen molar-refractivity contribution in [3.8, 4) is 5.75 Å². The number of benzene rings is 1. The second-order valence-electron chi connectivity index (χ2n) is 5.43. The van der Waals surface area contributed by atoms with Crippen molar-refractivity contribution in [1.29, 1.82) is 0 Å². The van der Waals surface area contributed by atoms with Crippen molar-refractivity contribution in [3.63, 3.8) is 0 Å². The maximum Gasteiger partial charge on any atom is 0.248 e. The van der Waals surface area contributed by atoms with Gasteiger partial charge in [-0.05, 0) is 31.5 Å². The number of aromatic hydroxyl groups is 1. The lowest BCUT2D eigenvalue weighted by atomic mass is 10.1. The van der Waals surface area contributed by atoms with E-state index in [1.54, 1.807) is 29.9 Å². The van der Waals surface area contributed by atoms with Crippen LogP contribution in [0, 0.1) is 6.92 Å². The van der Waals surface area contributed by atoms with Crippen molar-refractivity contribution in [2.24, 2.45) is 7.05 Å². The van der Waals surface area contributed by atoms with E-state index < -0.39 is 10.1 Å². The van der Waals surface area contributed by atoms with Gasteiger partial charge in [0, 0.05) is 24.6 Å². The highest BCUT2D eigenvalue weighted by Gasteiger charge is 2.13. The van der Waals surface area contributed by atoms with E-state index in [4.69, 9.17) is 5.11 Å². The number of hydrogen-bond acceptors (Lipinski definition) is 6. The van der Waals surface area contributed by atoms with Gasteiger partial charge in [-0.1, -0.05) is 6.07 Å². The van der Waals surface area contributed by atoms with Crippen molar-refractivity contribution in [1.82, 2.24) is 0 Å². The van der Waals surface area contributed by atoms with Gasteiger partial charge < -0.3 is 9.66 Å². The van der Waals surface area contributed by atoms with E-state index in [0.29, 0.717) is 16.8 Å². The van der Waals surface area contributed by atoms with Crippen LogP contribution in [0.5, 0.6) is 5.75 Å². The molecular weight excluding hydrogens is 346 g/mol. The third kappa shape index (κ3) is 5.77. The third-order valence-corrected chi connectivity index (χ3v) is 4.34. The van der Waals surface area contributed by atoms with E-state index >= 15 is 0 Å². The molecule has 7 nitrogen and oxygen atoms in total. The molecule has 8 heteroatoms. The number of phenolic OH excluding ortho intramolecular Hbond substituents is 1. The fourth-order valence-corrected chi connectivity index (χ4v) is 2.72. The topological polar surface area (TPSA) is 115 Å². The molecule has 0 amide bonds. The first kappa shape index (κ1) is 20.5. The molecule has 0 spiro atoms. The molecule has 0 radical (unpaired) electrons. The Morgan fingerprint density at radius 2 is 1.68 bits per heavy atom. The standard InChI is InChI=1S/C10H12NO2.C7H8O4S/c1-7(12)9-4-5-11(3)10(6-9)8(2)13;1-5-2-3-6(8)4-7(5)12(9,10)11/h4-6H,1-3H3;2-4,8H,1H3,(H,9,10,11)/q+1;/p-1. The Kier molecular flexibility index (Phi) is 6.55. The van der Waals surface area contributed by atoms with Gasteiger partial charge in [0.1, 0.15) is 22.9 Å². The van der Waals surface area contributed by atoms with Gasteiger partial charge in [-0.2, -0.15) is 4.57 Å². The predicted octanol–water partition coefficient (Wildman–Crippen LogP) is 1.52. The van der Waals surface area contributed by atoms with Gasteiger partial charge in [-0.3, -0.25) is 9.59 Å². The number of Topliss-reactive ketones (excluding diaryl/α,β-unsaturated/α-hetero) is 2. The van der Waals surface area contributed by atoms with Gasteiger partial charge in [-0.15, -0.1) is 0 Å². The van der Waals surface area contributed by atoms with E-state index in [0.717, 1.165) is 6.07 Å². The number of rotatable bonds is 3. The molecule has 1 aromatic heterocycles. The molecular formula is C17H19NO6S. The number of carbonyl (C=O) groups excluding carboxylic acids is 2. The van der Waals surface area contributed by atoms with E-state index in [-0.39, 0.29) is 22.2 Å². The maximum absolute atomic E-state index is 11.1. The number of aromatic nitrogens is 1. The highest BCUT2D eigenvalue weighted by molar-refractivity contribution is 7.85. The van der Waals surface area contributed by atoms with E-state index in [2.05, 4.69) is 0 Å². The quantitative estimate of drug-likeness (QED) is 0.501. The zero-order chi connectivity index (χ0) is 19.4. The maximum atomic E-state index is 11.1. The first-order valence-electron chi connectivity index (χ1n) is 7.20. The first-order chi connectivity index (χ1) is 11.4. The SMILES string of the molecule is CC(=O)c1cc[n+](C)c(C(C)=O)c1.Cc1ccc(O)cc1S(=O)(=O)[O-]. The Morgan fingerprint density at radius 1 is 1.08 bits per heavy atom. The zero-order valence-electron chi connectivity index (χ0n) is 14.3. The second kappa shape index (κ2) is 8.00. The molecule has 0 aliphatic rings. The Labute approximate surface area is 146 Å². The smallest absolute Gasteiger partial charge is 0.248 e. The third-order valence-electron chi connectivity index (χ3n) is 3.36. The molecule has 1 heterocycles. The molecule has 25 heavy (non-hydrogen) atoms. The number of hydrogen-bond donors (Lipinski definition) is 1. The molecule has 0 saturated heterocycles.